The minimum absolute atomic E-state index is 0.0693. The van der Waals surface area contributed by atoms with Gasteiger partial charge in [-0.05, 0) is 44.2 Å². The second-order valence-electron chi connectivity index (χ2n) is 8.62. The van der Waals surface area contributed by atoms with Gasteiger partial charge in [0, 0.05) is 25.2 Å². The molecule has 0 aliphatic rings. The average molecular weight is 521 g/mol. The molecule has 1 aromatic rings. The Hall–Kier alpha value is -3.96. The maximum absolute atomic E-state index is 12.9. The second-order valence-corrected chi connectivity index (χ2v) is 8.62. The van der Waals surface area contributed by atoms with E-state index >= 15 is 0 Å². The molecule has 204 valence electrons. The number of hydrogen-bond acceptors (Lipinski definition) is 7. The van der Waals surface area contributed by atoms with E-state index in [0.29, 0.717) is 12.5 Å². The summed E-state index contributed by atoms with van der Waals surface area (Å²) in [5.74, 6) is -2.99. The minimum atomic E-state index is -1.16. The molecule has 0 bridgehead atoms. The van der Waals surface area contributed by atoms with E-state index in [9.17, 15) is 28.8 Å². The number of nitrogens with zero attached hydrogens (tertiary/aromatic N) is 1. The van der Waals surface area contributed by atoms with Crippen molar-refractivity contribution in [2.45, 2.75) is 65.5 Å². The van der Waals surface area contributed by atoms with Gasteiger partial charge in [0.1, 0.15) is 18.3 Å². The first-order valence-corrected chi connectivity index (χ1v) is 12.1. The largest absolute Gasteiger partial charge is 0.481 e. The van der Waals surface area contributed by atoms with Crippen LogP contribution in [-0.4, -0.2) is 58.5 Å². The van der Waals surface area contributed by atoms with E-state index in [-0.39, 0.29) is 44.0 Å². The molecular weight excluding hydrogens is 484 g/mol. The van der Waals surface area contributed by atoms with Crippen molar-refractivity contribution >= 4 is 35.3 Å². The van der Waals surface area contributed by atoms with E-state index in [4.69, 9.17) is 9.84 Å². The summed E-state index contributed by atoms with van der Waals surface area (Å²) in [5.41, 5.74) is -0.692. The number of carbonyl (C=O) groups excluding carboxylic acids is 4. The van der Waals surface area contributed by atoms with E-state index in [1.807, 2.05) is 13.8 Å². The van der Waals surface area contributed by atoms with Crippen molar-refractivity contribution in [2.75, 3.05) is 18.5 Å². The zero-order valence-electron chi connectivity index (χ0n) is 21.5. The quantitative estimate of drug-likeness (QED) is 0.186. The lowest BCUT2D eigenvalue weighted by atomic mass is 10.1. The third kappa shape index (κ3) is 13.1. The number of aliphatic carboxylic acids is 1. The monoisotopic (exact) mass is 520 g/mol. The Morgan fingerprint density at radius 1 is 1.11 bits per heavy atom. The fourth-order valence-corrected chi connectivity index (χ4v) is 3.08. The van der Waals surface area contributed by atoms with Crippen LogP contribution in [0.3, 0.4) is 0 Å². The first kappa shape index (κ1) is 31.1. The Morgan fingerprint density at radius 2 is 1.84 bits per heavy atom. The van der Waals surface area contributed by atoms with Crippen LogP contribution in [0.1, 0.15) is 52.9 Å². The fourth-order valence-electron chi connectivity index (χ4n) is 3.08. The summed E-state index contributed by atoms with van der Waals surface area (Å²) in [6.45, 7) is 6.19. The summed E-state index contributed by atoms with van der Waals surface area (Å²) >= 11 is 0. The summed E-state index contributed by atoms with van der Waals surface area (Å²) in [4.78, 5) is 72.2. The Kier molecular flexibility index (Phi) is 14.0. The van der Waals surface area contributed by atoms with Gasteiger partial charge in [0.2, 0.25) is 17.7 Å². The van der Waals surface area contributed by atoms with Crippen LogP contribution in [0.25, 0.3) is 0 Å². The Bertz CT molecular complexity index is 1030. The molecular formula is C25H36N4O8. The van der Waals surface area contributed by atoms with Gasteiger partial charge in [-0.1, -0.05) is 19.9 Å². The number of allylic oxidation sites excluding steroid dienone is 1. The van der Waals surface area contributed by atoms with Gasteiger partial charge in [-0.2, -0.15) is 0 Å². The third-order valence-corrected chi connectivity index (χ3v) is 5.02. The number of esters is 1. The molecule has 12 nitrogen and oxygen atoms in total. The standard InChI is InChI=1S/C25H36N4O8/c1-4-37-23(34)10-6-5-8-18(27-20(30)11-12-22(32)33)24(35)28-19-9-7-15-29(25(19)36)16-21(31)26-14-13-17(2)3/h6-7,9-10,15,17-18H,4-5,8,11-14,16H2,1-3H3,(H,26,31)(H,27,30)(H,28,35)(H,32,33)/t18-/m0/s1. The molecule has 1 aromatic heterocycles. The predicted molar refractivity (Wildman–Crippen MR) is 136 cm³/mol. The van der Waals surface area contributed by atoms with Crippen LogP contribution in [0.2, 0.25) is 0 Å². The van der Waals surface area contributed by atoms with Crippen LogP contribution in [0.5, 0.6) is 0 Å². The van der Waals surface area contributed by atoms with E-state index in [1.165, 1.54) is 30.5 Å². The van der Waals surface area contributed by atoms with E-state index in [1.54, 1.807) is 6.92 Å². The highest BCUT2D eigenvalue weighted by molar-refractivity contribution is 5.97. The molecule has 0 aliphatic heterocycles. The Balaban J connectivity index is 2.90. The first-order valence-electron chi connectivity index (χ1n) is 12.1. The summed E-state index contributed by atoms with van der Waals surface area (Å²) in [6.07, 6.45) is 4.44. The minimum Gasteiger partial charge on any atom is -0.481 e. The van der Waals surface area contributed by atoms with Crippen molar-refractivity contribution in [1.29, 1.82) is 0 Å². The first-order chi connectivity index (χ1) is 17.5. The van der Waals surface area contributed by atoms with Crippen LogP contribution in [0.4, 0.5) is 5.69 Å². The number of amides is 3. The Morgan fingerprint density at radius 3 is 2.49 bits per heavy atom. The predicted octanol–water partition coefficient (Wildman–Crippen LogP) is 1.20. The molecule has 0 aromatic carbocycles. The molecule has 12 heteroatoms. The van der Waals surface area contributed by atoms with Crippen LogP contribution < -0.4 is 21.5 Å². The molecule has 0 fully saturated rings. The molecule has 0 radical (unpaired) electrons. The van der Waals surface area contributed by atoms with Gasteiger partial charge in [-0.15, -0.1) is 0 Å². The van der Waals surface area contributed by atoms with E-state index in [0.717, 1.165) is 11.0 Å². The Labute approximate surface area is 215 Å². The van der Waals surface area contributed by atoms with Gasteiger partial charge in [-0.25, -0.2) is 4.79 Å². The molecule has 3 amide bonds. The topological polar surface area (TPSA) is 173 Å². The number of rotatable bonds is 16. The highest BCUT2D eigenvalue weighted by atomic mass is 16.5. The van der Waals surface area contributed by atoms with Crippen molar-refractivity contribution in [3.05, 3.63) is 40.8 Å². The summed E-state index contributed by atoms with van der Waals surface area (Å²) in [6, 6.07) is 1.76. The molecule has 4 N–H and O–H groups in total. The number of pyridine rings is 1. The number of nitrogens with one attached hydrogen (secondary N) is 3. The lowest BCUT2D eigenvalue weighted by Gasteiger charge is -2.18. The smallest absolute Gasteiger partial charge is 0.330 e. The van der Waals surface area contributed by atoms with Crippen molar-refractivity contribution in [3.8, 4) is 0 Å². The number of carbonyl (C=O) groups is 5. The zero-order chi connectivity index (χ0) is 27.8. The van der Waals surface area contributed by atoms with Crippen LogP contribution >= 0.6 is 0 Å². The van der Waals surface area contributed by atoms with Gasteiger partial charge >= 0.3 is 11.9 Å². The van der Waals surface area contributed by atoms with Crippen molar-refractivity contribution in [2.24, 2.45) is 5.92 Å². The maximum atomic E-state index is 12.9. The van der Waals surface area contributed by atoms with Gasteiger partial charge < -0.3 is 30.4 Å². The highest BCUT2D eigenvalue weighted by Crippen LogP contribution is 2.06. The molecule has 0 saturated carbocycles. The van der Waals surface area contributed by atoms with Gasteiger partial charge in [-0.3, -0.25) is 24.0 Å². The molecule has 1 rings (SSSR count). The van der Waals surface area contributed by atoms with Crippen molar-refractivity contribution in [3.63, 3.8) is 0 Å². The zero-order valence-corrected chi connectivity index (χ0v) is 21.5. The number of carboxylic acid groups (broad SMARTS) is 1. The number of hydrogen-bond donors (Lipinski definition) is 4. The molecule has 37 heavy (non-hydrogen) atoms. The second kappa shape index (κ2) is 16.7. The molecule has 0 unspecified atom stereocenters. The van der Waals surface area contributed by atoms with Gasteiger partial charge in [0.25, 0.3) is 5.56 Å². The number of ether oxygens (including phenoxy) is 1. The number of carboxylic acids is 1. The molecule has 1 heterocycles. The average Bonchev–Trinajstić information content (AvgIpc) is 2.82. The molecule has 0 spiro atoms. The van der Waals surface area contributed by atoms with E-state index < -0.39 is 41.8 Å². The van der Waals surface area contributed by atoms with Crippen molar-refractivity contribution in [1.82, 2.24) is 15.2 Å². The maximum Gasteiger partial charge on any atom is 0.330 e. The number of anilines is 1. The van der Waals surface area contributed by atoms with Crippen molar-refractivity contribution < 1.29 is 33.8 Å². The number of aromatic nitrogens is 1. The molecule has 0 aliphatic carbocycles. The third-order valence-electron chi connectivity index (χ3n) is 5.02. The van der Waals surface area contributed by atoms with Crippen LogP contribution in [0, 0.1) is 5.92 Å². The van der Waals surface area contributed by atoms with E-state index in [2.05, 4.69) is 16.0 Å². The SMILES string of the molecule is CCOC(=O)C=CCC[C@H](NC(=O)CCC(=O)O)C(=O)Nc1cccn(CC(=O)NCCC(C)C)c1=O. The summed E-state index contributed by atoms with van der Waals surface area (Å²) in [5, 5.41) is 16.5. The lowest BCUT2D eigenvalue weighted by molar-refractivity contribution is -0.139. The normalized spacial score (nSPS) is 11.7. The van der Waals surface area contributed by atoms with Gasteiger partial charge in [0.15, 0.2) is 0 Å². The fraction of sp³-hybridized carbons (Fsp3) is 0.520. The summed E-state index contributed by atoms with van der Waals surface area (Å²) in [7, 11) is 0. The summed E-state index contributed by atoms with van der Waals surface area (Å²) < 4.78 is 5.94. The highest BCUT2D eigenvalue weighted by Gasteiger charge is 2.22. The van der Waals surface area contributed by atoms with Gasteiger partial charge in [0.05, 0.1) is 13.0 Å². The lowest BCUT2D eigenvalue weighted by Crippen LogP contribution is -2.44. The van der Waals surface area contributed by atoms with Crippen LogP contribution in [-0.2, 0) is 35.3 Å². The molecule has 1 atom stereocenters. The van der Waals surface area contributed by atoms with Crippen LogP contribution in [0.15, 0.2) is 35.3 Å². The molecule has 0 saturated heterocycles.